The lowest BCUT2D eigenvalue weighted by molar-refractivity contribution is -0.126. The second-order valence-electron chi connectivity index (χ2n) is 3.83. The molecule has 18 heavy (non-hydrogen) atoms. The van der Waals surface area contributed by atoms with Crippen molar-refractivity contribution in [2.45, 2.75) is 4.90 Å². The van der Waals surface area contributed by atoms with Crippen LogP contribution in [-0.2, 0) is 14.8 Å². The van der Waals surface area contributed by atoms with E-state index < -0.39 is 15.8 Å². The van der Waals surface area contributed by atoms with E-state index in [0.29, 0.717) is 0 Å². The lowest BCUT2D eigenvalue weighted by atomic mass is 10.3. The summed E-state index contributed by atoms with van der Waals surface area (Å²) >= 11 is 0. The Balaban J connectivity index is 2.84. The highest BCUT2D eigenvalue weighted by Crippen LogP contribution is 2.17. The molecule has 3 N–H and O–H groups in total. The van der Waals surface area contributed by atoms with Gasteiger partial charge in [0, 0.05) is 14.1 Å². The molecule has 0 aromatic heterocycles. The minimum atomic E-state index is -3.93. The molecule has 0 atom stereocenters. The predicted molar refractivity (Wildman–Crippen MR) is 65.0 cm³/mol. The average Bonchev–Trinajstić information content (AvgIpc) is 2.25. The number of amides is 1. The normalized spacial score (nSPS) is 11.1. The van der Waals surface area contributed by atoms with Gasteiger partial charge in [0.25, 0.3) is 0 Å². The van der Waals surface area contributed by atoms with Crippen molar-refractivity contribution in [1.82, 2.24) is 4.90 Å². The van der Waals surface area contributed by atoms with Gasteiger partial charge in [0.05, 0.1) is 17.1 Å². The molecule has 100 valence electrons. The van der Waals surface area contributed by atoms with Gasteiger partial charge in [0.2, 0.25) is 15.9 Å². The van der Waals surface area contributed by atoms with Crippen LogP contribution in [0.3, 0.4) is 0 Å². The van der Waals surface area contributed by atoms with E-state index in [2.05, 4.69) is 5.32 Å². The summed E-state index contributed by atoms with van der Waals surface area (Å²) in [6, 6.07) is 3.19. The molecule has 0 aliphatic heterocycles. The average molecular weight is 275 g/mol. The molecular weight excluding hydrogens is 261 g/mol. The Morgan fingerprint density at radius 2 is 2.06 bits per heavy atom. The molecule has 0 fully saturated rings. The van der Waals surface area contributed by atoms with Crippen molar-refractivity contribution in [3.05, 3.63) is 24.0 Å². The first-order valence-corrected chi connectivity index (χ1v) is 6.53. The minimum absolute atomic E-state index is 0.0394. The molecule has 1 aromatic carbocycles. The summed E-state index contributed by atoms with van der Waals surface area (Å²) in [5.74, 6) is -1.02. The summed E-state index contributed by atoms with van der Waals surface area (Å²) in [7, 11) is -0.782. The highest BCUT2D eigenvalue weighted by molar-refractivity contribution is 7.89. The van der Waals surface area contributed by atoms with Crippen LogP contribution in [0.1, 0.15) is 0 Å². The topological polar surface area (TPSA) is 92.5 Å². The van der Waals surface area contributed by atoms with Crippen LogP contribution in [0.15, 0.2) is 23.1 Å². The van der Waals surface area contributed by atoms with Gasteiger partial charge >= 0.3 is 0 Å². The zero-order valence-corrected chi connectivity index (χ0v) is 10.8. The number of benzene rings is 1. The largest absolute Gasteiger partial charge is 0.374 e. The quantitative estimate of drug-likeness (QED) is 0.807. The molecule has 0 unspecified atom stereocenters. The van der Waals surface area contributed by atoms with Gasteiger partial charge in [-0.15, -0.1) is 0 Å². The first-order valence-electron chi connectivity index (χ1n) is 4.98. The summed E-state index contributed by atoms with van der Waals surface area (Å²) < 4.78 is 35.5. The maximum atomic E-state index is 13.5. The molecule has 0 heterocycles. The molecule has 1 aromatic rings. The number of nitrogens with zero attached hydrogens (tertiary/aromatic N) is 1. The lowest BCUT2D eigenvalue weighted by Crippen LogP contribution is -2.28. The second-order valence-corrected chi connectivity index (χ2v) is 5.39. The van der Waals surface area contributed by atoms with Crippen LogP contribution in [0.4, 0.5) is 10.1 Å². The summed E-state index contributed by atoms with van der Waals surface area (Å²) in [4.78, 5) is 12.3. The van der Waals surface area contributed by atoms with Crippen molar-refractivity contribution in [3.63, 3.8) is 0 Å². The molecule has 1 rings (SSSR count). The number of nitrogens with one attached hydrogen (secondary N) is 1. The van der Waals surface area contributed by atoms with E-state index in [9.17, 15) is 17.6 Å². The number of hydrogen-bond acceptors (Lipinski definition) is 4. The Kier molecular flexibility index (Phi) is 4.25. The Bertz CT molecular complexity index is 557. The number of likely N-dealkylation sites (N-methyl/N-ethyl adjacent to an activating group) is 1. The van der Waals surface area contributed by atoms with Crippen molar-refractivity contribution in [2.75, 3.05) is 26.0 Å². The molecule has 0 saturated carbocycles. The van der Waals surface area contributed by atoms with E-state index in [1.165, 1.54) is 17.0 Å². The zero-order chi connectivity index (χ0) is 13.9. The molecule has 0 saturated heterocycles. The van der Waals surface area contributed by atoms with Crippen molar-refractivity contribution >= 4 is 21.6 Å². The molecule has 1 amide bonds. The van der Waals surface area contributed by atoms with Crippen LogP contribution in [0.25, 0.3) is 0 Å². The Labute approximate surface area is 105 Å². The standard InChI is InChI=1S/C10H14FN3O3S/c1-14(2)10(15)6-13-9-4-3-7(5-8(9)11)18(12,16)17/h3-5,13H,6H2,1-2H3,(H2,12,16,17). The van der Waals surface area contributed by atoms with E-state index in [4.69, 9.17) is 5.14 Å². The maximum Gasteiger partial charge on any atom is 0.241 e. The van der Waals surface area contributed by atoms with Crippen LogP contribution in [0.5, 0.6) is 0 Å². The zero-order valence-electron chi connectivity index (χ0n) is 9.97. The third kappa shape index (κ3) is 3.67. The molecule has 0 radical (unpaired) electrons. The predicted octanol–water partition coefficient (Wildman–Crippen LogP) is -0.0268. The van der Waals surface area contributed by atoms with E-state index in [1.54, 1.807) is 14.1 Å². The molecule has 0 aliphatic rings. The molecule has 6 nitrogen and oxygen atoms in total. The monoisotopic (exact) mass is 275 g/mol. The Morgan fingerprint density at radius 3 is 2.50 bits per heavy atom. The second kappa shape index (κ2) is 5.32. The third-order valence-electron chi connectivity index (χ3n) is 2.20. The Morgan fingerprint density at radius 1 is 1.44 bits per heavy atom. The Hall–Kier alpha value is -1.67. The number of carbonyl (C=O) groups excluding carboxylic acids is 1. The fourth-order valence-electron chi connectivity index (χ4n) is 1.15. The molecule has 0 aliphatic carbocycles. The fraction of sp³-hybridized carbons (Fsp3) is 0.300. The summed E-state index contributed by atoms with van der Waals surface area (Å²) in [5, 5.41) is 7.43. The van der Waals surface area contributed by atoms with Crippen LogP contribution in [0.2, 0.25) is 0 Å². The summed E-state index contributed by atoms with van der Waals surface area (Å²) in [6.07, 6.45) is 0. The van der Waals surface area contributed by atoms with Gasteiger partial charge in [0.15, 0.2) is 0 Å². The third-order valence-corrected chi connectivity index (χ3v) is 3.11. The lowest BCUT2D eigenvalue weighted by Gasteiger charge is -2.12. The van der Waals surface area contributed by atoms with Crippen molar-refractivity contribution in [1.29, 1.82) is 0 Å². The van der Waals surface area contributed by atoms with Crippen molar-refractivity contribution < 1.29 is 17.6 Å². The van der Waals surface area contributed by atoms with Crippen molar-refractivity contribution in [2.24, 2.45) is 5.14 Å². The molecule has 0 bridgehead atoms. The van der Waals surface area contributed by atoms with E-state index in [1.807, 2.05) is 0 Å². The van der Waals surface area contributed by atoms with Gasteiger partial charge in [-0.2, -0.15) is 0 Å². The van der Waals surface area contributed by atoms with Crippen LogP contribution >= 0.6 is 0 Å². The molecule has 8 heteroatoms. The van der Waals surface area contributed by atoms with E-state index in [0.717, 1.165) is 6.07 Å². The fourth-order valence-corrected chi connectivity index (χ4v) is 1.67. The van der Waals surface area contributed by atoms with Crippen LogP contribution in [-0.4, -0.2) is 39.9 Å². The number of anilines is 1. The maximum absolute atomic E-state index is 13.5. The number of halogens is 1. The first-order chi connectivity index (χ1) is 8.21. The molecular formula is C10H14FN3O3S. The number of primary sulfonamides is 1. The highest BCUT2D eigenvalue weighted by Gasteiger charge is 2.12. The SMILES string of the molecule is CN(C)C(=O)CNc1ccc(S(N)(=O)=O)cc1F. The first kappa shape index (κ1) is 14.4. The number of carbonyl (C=O) groups is 1. The van der Waals surface area contributed by atoms with Gasteiger partial charge in [-0.1, -0.05) is 0 Å². The minimum Gasteiger partial charge on any atom is -0.374 e. The number of rotatable bonds is 4. The van der Waals surface area contributed by atoms with Crippen molar-refractivity contribution in [3.8, 4) is 0 Å². The number of sulfonamides is 1. The number of nitrogens with two attached hydrogens (primary N) is 1. The summed E-state index contributed by atoms with van der Waals surface area (Å²) in [6.45, 7) is -0.0847. The van der Waals surface area contributed by atoms with Crippen LogP contribution in [0, 0.1) is 5.82 Å². The van der Waals surface area contributed by atoms with Gasteiger partial charge < -0.3 is 10.2 Å². The van der Waals surface area contributed by atoms with E-state index in [-0.39, 0.29) is 23.0 Å². The van der Waals surface area contributed by atoms with Gasteiger partial charge in [-0.3, -0.25) is 4.79 Å². The van der Waals surface area contributed by atoms with Gasteiger partial charge in [-0.25, -0.2) is 17.9 Å². The van der Waals surface area contributed by atoms with Crippen LogP contribution < -0.4 is 10.5 Å². The highest BCUT2D eigenvalue weighted by atomic mass is 32.2. The van der Waals surface area contributed by atoms with E-state index >= 15 is 0 Å². The smallest absolute Gasteiger partial charge is 0.241 e. The molecule has 0 spiro atoms. The van der Waals surface area contributed by atoms with Gasteiger partial charge in [-0.05, 0) is 18.2 Å². The number of hydrogen-bond donors (Lipinski definition) is 2. The van der Waals surface area contributed by atoms with Gasteiger partial charge in [0.1, 0.15) is 5.82 Å². The summed E-state index contributed by atoms with van der Waals surface area (Å²) in [5.41, 5.74) is 0.0394.